The van der Waals surface area contributed by atoms with E-state index in [9.17, 15) is 0 Å². The van der Waals surface area contributed by atoms with Crippen LogP contribution in [-0.4, -0.2) is 0 Å². The van der Waals surface area contributed by atoms with E-state index < -0.39 is 0 Å². The Bertz CT molecular complexity index is 1520. The van der Waals surface area contributed by atoms with E-state index in [1.165, 1.54) is 31.7 Å². The van der Waals surface area contributed by atoms with Crippen molar-refractivity contribution in [3.63, 3.8) is 0 Å². The molecule has 0 fully saturated rings. The van der Waals surface area contributed by atoms with Crippen LogP contribution in [0.25, 0.3) is 45.3 Å². The molecule has 0 spiro atoms. The van der Waals surface area contributed by atoms with E-state index in [-0.39, 0.29) is 5.41 Å². The smallest absolute Gasteiger partial charge is 0.217 e. The van der Waals surface area contributed by atoms with Crippen LogP contribution in [0.4, 0.5) is 0 Å². The Hall–Kier alpha value is -3.17. The summed E-state index contributed by atoms with van der Waals surface area (Å²) in [5, 5.41) is 11.7. The summed E-state index contributed by atoms with van der Waals surface area (Å²) in [7, 11) is 0. The van der Waals surface area contributed by atoms with E-state index in [0.717, 1.165) is 16.6 Å². The van der Waals surface area contributed by atoms with Gasteiger partial charge in [0, 0.05) is 22.2 Å². The fourth-order valence-electron chi connectivity index (χ4n) is 4.04. The monoisotopic (exact) mass is 408 g/mol. The quantitative estimate of drug-likeness (QED) is 0.413. The molecule has 5 rings (SSSR count). The number of rotatable bonds is 1. The standard InChI is InChI=1S/C27H24N2S/c1-27(2,3)23-14-21(13-18-7-5-6-8-22(18)23)25-16-19(9-11-29(25)4)24-15-20-10-12-30-26(20)17-28-24/h5-17H,4H2,1-3H3. The molecule has 3 heterocycles. The lowest BCUT2D eigenvalue weighted by atomic mass is 9.82. The second kappa shape index (κ2) is 6.96. The number of hydrogen-bond acceptors (Lipinski definition) is 1. The highest BCUT2D eigenvalue weighted by Crippen LogP contribution is 2.33. The highest BCUT2D eigenvalue weighted by molar-refractivity contribution is 7.07. The molecule has 0 bridgehead atoms. The van der Waals surface area contributed by atoms with E-state index in [1.807, 2.05) is 16.6 Å². The average molecular weight is 409 g/mol. The van der Waals surface area contributed by atoms with E-state index in [0.29, 0.717) is 0 Å². The molecule has 0 amide bonds. The molecular formula is C27H24N2S. The number of nitrogens with zero attached hydrogens (tertiary/aromatic N) is 2. The molecule has 1 aliphatic rings. The molecule has 0 atom stereocenters. The number of aromatic nitrogens is 1. The number of fused-ring (bicyclic) bond motifs is 2. The summed E-state index contributed by atoms with van der Waals surface area (Å²) in [5.74, 6) is 0. The summed E-state index contributed by atoms with van der Waals surface area (Å²) in [5.41, 5.74) is 4.63. The zero-order valence-corrected chi connectivity index (χ0v) is 18.3. The Morgan fingerprint density at radius 1 is 1.00 bits per heavy atom. The first-order valence-electron chi connectivity index (χ1n) is 10.1. The van der Waals surface area contributed by atoms with Crippen LogP contribution in [0, 0.1) is 6.72 Å². The second-order valence-corrected chi connectivity index (χ2v) is 9.74. The molecule has 0 unspecified atom stereocenters. The molecule has 3 heteroatoms. The molecule has 2 aromatic heterocycles. The van der Waals surface area contributed by atoms with Crippen molar-refractivity contribution in [1.82, 2.24) is 0 Å². The molecule has 0 aliphatic carbocycles. The van der Waals surface area contributed by atoms with Crippen LogP contribution >= 0.6 is 11.3 Å². The van der Waals surface area contributed by atoms with Crippen molar-refractivity contribution in [2.24, 2.45) is 0 Å². The third-order valence-electron chi connectivity index (χ3n) is 5.64. The van der Waals surface area contributed by atoms with Gasteiger partial charge in [-0.1, -0.05) is 51.1 Å². The third-order valence-corrected chi connectivity index (χ3v) is 6.50. The Labute approximate surface area is 180 Å². The summed E-state index contributed by atoms with van der Waals surface area (Å²) in [4.78, 5) is 0. The Balaban J connectivity index is 1.76. The zero-order chi connectivity index (χ0) is 20.9. The maximum atomic E-state index is 4.70. The lowest BCUT2D eigenvalue weighted by Gasteiger charge is -2.22. The molecule has 0 radical (unpaired) electrons. The van der Waals surface area contributed by atoms with Crippen LogP contribution < -0.4 is 19.2 Å². The van der Waals surface area contributed by atoms with Gasteiger partial charge in [0.25, 0.3) is 0 Å². The summed E-state index contributed by atoms with van der Waals surface area (Å²) in [6.07, 6.45) is 6.16. The van der Waals surface area contributed by atoms with Crippen molar-refractivity contribution < 1.29 is 4.24 Å². The van der Waals surface area contributed by atoms with E-state index in [2.05, 4.69) is 93.5 Å². The first kappa shape index (κ1) is 18.8. The van der Waals surface area contributed by atoms with Crippen LogP contribution in [0.3, 0.4) is 0 Å². The number of pyridine rings is 1. The summed E-state index contributed by atoms with van der Waals surface area (Å²) in [6.45, 7) is 11.1. The minimum Gasteiger partial charge on any atom is -0.662 e. The summed E-state index contributed by atoms with van der Waals surface area (Å²) < 4.78 is 3.16. The summed E-state index contributed by atoms with van der Waals surface area (Å²) >= 11 is 1.72. The van der Waals surface area contributed by atoms with Gasteiger partial charge >= 0.3 is 0 Å². The molecule has 0 saturated heterocycles. The van der Waals surface area contributed by atoms with Gasteiger partial charge in [-0.05, 0) is 55.8 Å². The van der Waals surface area contributed by atoms with Gasteiger partial charge in [0.2, 0.25) is 5.69 Å². The predicted molar refractivity (Wildman–Crippen MR) is 128 cm³/mol. The fourth-order valence-corrected chi connectivity index (χ4v) is 4.78. The van der Waals surface area contributed by atoms with Crippen molar-refractivity contribution in [2.45, 2.75) is 26.2 Å². The second-order valence-electron chi connectivity index (χ2n) is 8.79. The van der Waals surface area contributed by atoms with Gasteiger partial charge in [-0.2, -0.15) is 10.4 Å². The normalized spacial score (nSPS) is 15.2. The van der Waals surface area contributed by atoms with E-state index in [1.54, 1.807) is 11.3 Å². The van der Waals surface area contributed by atoms with Gasteiger partial charge in [0.15, 0.2) is 6.20 Å². The van der Waals surface area contributed by atoms with Crippen LogP contribution in [0.5, 0.6) is 0 Å². The van der Waals surface area contributed by atoms with Gasteiger partial charge in [-0.15, -0.1) is 17.0 Å². The van der Waals surface area contributed by atoms with Gasteiger partial charge in [0.1, 0.15) is 6.72 Å². The van der Waals surface area contributed by atoms with Crippen molar-refractivity contribution in [3.8, 4) is 11.3 Å². The van der Waals surface area contributed by atoms with Gasteiger partial charge in [0.05, 0.1) is 0 Å². The zero-order valence-electron chi connectivity index (χ0n) is 17.5. The lowest BCUT2D eigenvalue weighted by Crippen LogP contribution is -2.24. The van der Waals surface area contributed by atoms with Crippen molar-refractivity contribution in [2.75, 3.05) is 0 Å². The third kappa shape index (κ3) is 3.25. The molecule has 2 nitrogen and oxygen atoms in total. The van der Waals surface area contributed by atoms with Crippen molar-refractivity contribution in [1.29, 1.82) is 0 Å². The Kier molecular flexibility index (Phi) is 4.37. The van der Waals surface area contributed by atoms with Crippen molar-refractivity contribution in [3.05, 3.63) is 98.7 Å². The average Bonchev–Trinajstić information content (AvgIpc) is 3.20. The fraction of sp³-hybridized carbons (Fsp3) is 0.148. The Morgan fingerprint density at radius 2 is 1.83 bits per heavy atom. The van der Waals surface area contributed by atoms with Crippen LogP contribution in [0.2, 0.25) is 0 Å². The summed E-state index contributed by atoms with van der Waals surface area (Å²) in [6, 6.07) is 19.6. The first-order chi connectivity index (χ1) is 14.4. The highest BCUT2D eigenvalue weighted by atomic mass is 32.1. The molecule has 148 valence electrons. The molecule has 30 heavy (non-hydrogen) atoms. The molecule has 1 aliphatic heterocycles. The van der Waals surface area contributed by atoms with Gasteiger partial charge < -0.3 is 5.32 Å². The topological polar surface area (TPSA) is 20.0 Å². The maximum Gasteiger partial charge on any atom is 0.217 e. The highest BCUT2D eigenvalue weighted by Gasteiger charge is 2.20. The van der Waals surface area contributed by atoms with Crippen LogP contribution in [-0.2, 0) is 5.41 Å². The van der Waals surface area contributed by atoms with E-state index in [4.69, 9.17) is 5.32 Å². The van der Waals surface area contributed by atoms with Gasteiger partial charge in [-0.25, -0.2) is 0 Å². The molecule has 2 aromatic carbocycles. The van der Waals surface area contributed by atoms with E-state index >= 15 is 0 Å². The minimum atomic E-state index is 0.0464. The maximum absolute atomic E-state index is 4.70. The largest absolute Gasteiger partial charge is 0.662 e. The Morgan fingerprint density at radius 3 is 2.67 bits per heavy atom. The SMILES string of the molecule is C=[n+]1ccc(=C2C=c3ccsc3=C[N-]2)cc1-c1cc(C(C)(C)C)c2ccccc2c1. The lowest BCUT2D eigenvalue weighted by molar-refractivity contribution is -0.486. The van der Waals surface area contributed by atoms with Crippen LogP contribution in [0.15, 0.2) is 66.2 Å². The van der Waals surface area contributed by atoms with Gasteiger partial charge in [-0.3, -0.25) is 0 Å². The predicted octanol–water partition coefficient (Wildman–Crippen LogP) is 4.51. The first-order valence-corrected chi connectivity index (χ1v) is 11.0. The number of thiophene rings is 1. The minimum absolute atomic E-state index is 0.0464. The molecule has 0 N–H and O–H groups in total. The number of hydrogen-bond donors (Lipinski definition) is 0. The van der Waals surface area contributed by atoms with Crippen LogP contribution in [0.1, 0.15) is 26.3 Å². The molecular weight excluding hydrogens is 384 g/mol. The molecule has 0 saturated carbocycles. The molecule has 4 aromatic rings. The van der Waals surface area contributed by atoms with Crippen molar-refractivity contribution >= 4 is 40.1 Å². The number of benzene rings is 2.